The summed E-state index contributed by atoms with van der Waals surface area (Å²) in [4.78, 5) is 37.1. The van der Waals surface area contributed by atoms with Gasteiger partial charge in [-0.15, -0.1) is 0 Å². The van der Waals surface area contributed by atoms with Gasteiger partial charge in [0.1, 0.15) is 5.56 Å². The number of benzene rings is 1. The van der Waals surface area contributed by atoms with Gasteiger partial charge in [0.05, 0.1) is 5.52 Å². The van der Waals surface area contributed by atoms with Crippen LogP contribution in [0, 0.1) is 0 Å². The lowest BCUT2D eigenvalue weighted by Crippen LogP contribution is -2.13. The molecule has 0 unspecified atom stereocenters. The van der Waals surface area contributed by atoms with Crippen molar-refractivity contribution in [3.05, 3.63) is 56.6 Å². The molecular formula is C12H7N3O4. The summed E-state index contributed by atoms with van der Waals surface area (Å²) < 4.78 is 0.712. The molecule has 0 radical (unpaired) electrons. The van der Waals surface area contributed by atoms with E-state index in [0.717, 1.165) is 0 Å². The van der Waals surface area contributed by atoms with E-state index in [1.165, 1.54) is 6.07 Å². The van der Waals surface area contributed by atoms with Gasteiger partial charge in [0.2, 0.25) is 0 Å². The van der Waals surface area contributed by atoms with E-state index in [4.69, 9.17) is 5.11 Å². The van der Waals surface area contributed by atoms with Gasteiger partial charge in [0, 0.05) is 5.39 Å². The number of hydrogen-bond donors (Lipinski definition) is 2. The van der Waals surface area contributed by atoms with Crippen LogP contribution >= 0.6 is 0 Å². The fourth-order valence-corrected chi connectivity index (χ4v) is 1.71. The Hall–Kier alpha value is -2.96. The molecule has 3 aromatic rings. The van der Waals surface area contributed by atoms with E-state index < -0.39 is 17.1 Å². The molecule has 0 spiro atoms. The zero-order chi connectivity index (χ0) is 13.6. The largest absolute Gasteiger partial charge is 0.478 e. The van der Waals surface area contributed by atoms with Crippen molar-refractivity contribution in [3.8, 4) is 0 Å². The Balaban J connectivity index is 2.18. The van der Waals surface area contributed by atoms with Gasteiger partial charge in [-0.05, 0) is 12.1 Å². The minimum atomic E-state index is -1.19. The molecule has 19 heavy (non-hydrogen) atoms. The highest BCUT2D eigenvalue weighted by molar-refractivity contribution is 5.98. The number of fused-ring (bicyclic) bond motifs is 1. The number of aromatic carboxylic acids is 1. The number of carboxylic acid groups (broad SMARTS) is 1. The maximum absolute atomic E-state index is 11.2. The summed E-state index contributed by atoms with van der Waals surface area (Å²) in [6.07, 6.45) is 0. The first-order chi connectivity index (χ1) is 9.08. The molecule has 2 aromatic heterocycles. The molecule has 0 aliphatic heterocycles. The van der Waals surface area contributed by atoms with Gasteiger partial charge in [0.15, 0.2) is 5.82 Å². The molecule has 2 heterocycles. The molecule has 0 bridgehead atoms. The lowest BCUT2D eigenvalue weighted by Gasteiger charge is -2.07. The number of anilines is 1. The predicted octanol–water partition coefficient (Wildman–Crippen LogP) is 0.206. The number of rotatable bonds is 3. The summed E-state index contributed by atoms with van der Waals surface area (Å²) in [6.45, 7) is 0. The first-order valence-corrected chi connectivity index (χ1v) is 5.36. The Morgan fingerprint density at radius 3 is 2.53 bits per heavy atom. The van der Waals surface area contributed by atoms with Crippen molar-refractivity contribution in [2.24, 2.45) is 0 Å². The van der Waals surface area contributed by atoms with Crippen molar-refractivity contribution in [2.75, 3.05) is 5.43 Å². The molecule has 0 amide bonds. The van der Waals surface area contributed by atoms with Crippen molar-refractivity contribution in [2.45, 2.75) is 0 Å². The molecule has 3 rings (SSSR count). The Morgan fingerprint density at radius 2 is 1.89 bits per heavy atom. The number of para-hydroxylation sites is 1. The fraction of sp³-hybridized carbons (Fsp3) is 0. The average molecular weight is 257 g/mol. The Kier molecular flexibility index (Phi) is 2.21. The molecule has 0 atom stereocenters. The van der Waals surface area contributed by atoms with Crippen molar-refractivity contribution in [3.63, 3.8) is 0 Å². The van der Waals surface area contributed by atoms with E-state index in [1.807, 2.05) is 0 Å². The first-order valence-electron chi connectivity index (χ1n) is 5.36. The van der Waals surface area contributed by atoms with Crippen LogP contribution in [0.15, 0.2) is 39.9 Å². The van der Waals surface area contributed by atoms with Crippen LogP contribution in [0.5, 0.6) is 0 Å². The summed E-state index contributed by atoms with van der Waals surface area (Å²) in [5.74, 6) is -1.23. The smallest absolute Gasteiger partial charge is 0.340 e. The number of carboxylic acids is 1. The zero-order valence-electron chi connectivity index (χ0n) is 9.45. The minimum Gasteiger partial charge on any atom is -0.478 e. The lowest BCUT2D eigenvalue weighted by atomic mass is 10.1. The molecule has 2 N–H and O–H groups in total. The van der Waals surface area contributed by atoms with Gasteiger partial charge >= 0.3 is 17.1 Å². The molecule has 1 aromatic carbocycles. The molecule has 0 aliphatic carbocycles. The van der Waals surface area contributed by atoms with Crippen LogP contribution in [-0.2, 0) is 0 Å². The molecule has 94 valence electrons. The van der Waals surface area contributed by atoms with Gasteiger partial charge in [-0.25, -0.2) is 9.78 Å². The van der Waals surface area contributed by atoms with Crippen LogP contribution in [0.2, 0.25) is 0 Å². The third-order valence-corrected chi connectivity index (χ3v) is 2.71. The quantitative estimate of drug-likeness (QED) is 0.650. The van der Waals surface area contributed by atoms with Gasteiger partial charge in [-0.3, -0.25) is 15.0 Å². The highest BCUT2D eigenvalue weighted by atomic mass is 16.4. The number of nitrogens with one attached hydrogen (secondary N) is 1. The highest BCUT2D eigenvalue weighted by Gasteiger charge is 2.20. The van der Waals surface area contributed by atoms with E-state index in [-0.39, 0.29) is 11.4 Å². The number of nitrogens with zero attached hydrogens (tertiary/aromatic N) is 2. The van der Waals surface area contributed by atoms with Crippen LogP contribution in [-0.4, -0.2) is 20.7 Å². The van der Waals surface area contributed by atoms with E-state index >= 15 is 0 Å². The third kappa shape index (κ3) is 1.77. The monoisotopic (exact) mass is 257 g/mol. The standard InChI is InChI=1S/C12H7N3O4/c16-10-11(17)15(10)14-9-7(12(18)19)5-6-3-1-2-4-8(6)13-9/h1-5H,(H,13,14)(H,18,19). The van der Waals surface area contributed by atoms with Crippen molar-refractivity contribution >= 4 is 22.7 Å². The topological polar surface area (TPSA) is 101 Å². The van der Waals surface area contributed by atoms with Crippen LogP contribution in [0.25, 0.3) is 10.9 Å². The van der Waals surface area contributed by atoms with E-state index in [0.29, 0.717) is 15.6 Å². The molecule has 0 aliphatic rings. The first kappa shape index (κ1) is 11.1. The average Bonchev–Trinajstić information content (AvgIpc) is 2.96. The Bertz CT molecular complexity index is 848. The highest BCUT2D eigenvalue weighted by Crippen LogP contribution is 2.20. The summed E-state index contributed by atoms with van der Waals surface area (Å²) in [7, 11) is 0. The maximum atomic E-state index is 11.2. The second-order valence-corrected chi connectivity index (χ2v) is 3.94. The summed E-state index contributed by atoms with van der Waals surface area (Å²) >= 11 is 0. The maximum Gasteiger partial charge on any atom is 0.340 e. The Labute approximate surface area is 105 Å². The van der Waals surface area contributed by atoms with Crippen LogP contribution in [0.4, 0.5) is 5.82 Å². The number of hydrogen-bond acceptors (Lipinski definition) is 5. The fourth-order valence-electron chi connectivity index (χ4n) is 1.71. The van der Waals surface area contributed by atoms with Crippen molar-refractivity contribution in [1.29, 1.82) is 0 Å². The second kappa shape index (κ2) is 3.77. The van der Waals surface area contributed by atoms with Crippen LogP contribution in [0.1, 0.15) is 10.4 Å². The van der Waals surface area contributed by atoms with E-state index in [9.17, 15) is 14.4 Å². The normalized spacial score (nSPS) is 10.9. The van der Waals surface area contributed by atoms with Gasteiger partial charge in [-0.1, -0.05) is 18.2 Å². The predicted molar refractivity (Wildman–Crippen MR) is 67.1 cm³/mol. The SMILES string of the molecule is O=C(O)c1cc2ccccc2nc1Nn1c(=O)c1=O. The second-order valence-electron chi connectivity index (χ2n) is 3.94. The lowest BCUT2D eigenvalue weighted by molar-refractivity contribution is 0.0697. The van der Waals surface area contributed by atoms with Crippen molar-refractivity contribution < 1.29 is 9.90 Å². The molecule has 0 saturated carbocycles. The molecule has 0 saturated heterocycles. The molecule has 7 heteroatoms. The molecular weight excluding hydrogens is 250 g/mol. The van der Waals surface area contributed by atoms with Crippen molar-refractivity contribution in [1.82, 2.24) is 9.66 Å². The van der Waals surface area contributed by atoms with E-state index in [2.05, 4.69) is 10.4 Å². The van der Waals surface area contributed by atoms with Gasteiger partial charge in [0.25, 0.3) is 0 Å². The summed E-state index contributed by atoms with van der Waals surface area (Å²) in [5.41, 5.74) is 1.43. The van der Waals surface area contributed by atoms with Crippen LogP contribution in [0.3, 0.4) is 0 Å². The number of pyridine rings is 1. The van der Waals surface area contributed by atoms with E-state index in [1.54, 1.807) is 24.3 Å². The third-order valence-electron chi connectivity index (χ3n) is 2.71. The van der Waals surface area contributed by atoms with Gasteiger partial charge in [-0.2, -0.15) is 4.68 Å². The minimum absolute atomic E-state index is 0.0367. The zero-order valence-corrected chi connectivity index (χ0v) is 9.45. The van der Waals surface area contributed by atoms with Gasteiger partial charge < -0.3 is 5.11 Å². The van der Waals surface area contributed by atoms with Crippen LogP contribution < -0.4 is 16.5 Å². The number of carbonyl (C=O) groups is 1. The number of aromatic nitrogens is 2. The molecule has 7 nitrogen and oxygen atoms in total. The Morgan fingerprint density at radius 1 is 1.21 bits per heavy atom. The molecule has 0 fully saturated rings. The summed E-state index contributed by atoms with van der Waals surface area (Å²) in [6, 6.07) is 8.39. The summed E-state index contributed by atoms with van der Waals surface area (Å²) in [5, 5.41) is 9.78.